The van der Waals surface area contributed by atoms with Crippen LogP contribution < -0.4 is 0 Å². The van der Waals surface area contributed by atoms with Gasteiger partial charge in [-0.15, -0.1) is 5.10 Å². The summed E-state index contributed by atoms with van der Waals surface area (Å²) >= 11 is 5.10. The molecule has 0 radical (unpaired) electrons. The molecule has 0 aliphatic heterocycles. The topological polar surface area (TPSA) is 74.7 Å². The van der Waals surface area contributed by atoms with Crippen molar-refractivity contribution >= 4 is 40.1 Å². The maximum atomic E-state index is 5.10. The van der Waals surface area contributed by atoms with E-state index in [-0.39, 0.29) is 0 Å². The number of aryl methyl sites for hydroxylation is 1. The summed E-state index contributed by atoms with van der Waals surface area (Å²) in [5, 5.41) is 12.2. The normalized spacial score (nSPS) is 11.8. The average Bonchev–Trinajstić information content (AvgIpc) is 2.89. The van der Waals surface area contributed by atoms with E-state index < -0.39 is 0 Å². The molecule has 4 aromatic rings. The van der Waals surface area contributed by atoms with Gasteiger partial charge < -0.3 is 4.98 Å². The summed E-state index contributed by atoms with van der Waals surface area (Å²) < 4.78 is 1.98. The Morgan fingerprint density at radius 3 is 3.11 bits per heavy atom. The van der Waals surface area contributed by atoms with E-state index in [1.54, 1.807) is 0 Å². The number of aromatic nitrogens is 6. The largest absolute Gasteiger partial charge is 0.338 e. The van der Waals surface area contributed by atoms with Crippen molar-refractivity contribution in [1.82, 2.24) is 29.8 Å². The minimum Gasteiger partial charge on any atom is -0.338 e. The molecule has 4 rings (SSSR count). The molecule has 0 spiro atoms. The predicted molar refractivity (Wildman–Crippen MR) is 70.1 cm³/mol. The van der Waals surface area contributed by atoms with E-state index in [0.717, 1.165) is 22.1 Å². The molecule has 0 unspecified atom stereocenters. The van der Waals surface area contributed by atoms with Crippen LogP contribution in [0, 0.1) is 11.7 Å². The van der Waals surface area contributed by atoms with Crippen LogP contribution in [0.25, 0.3) is 27.8 Å². The fourth-order valence-electron chi connectivity index (χ4n) is 2.11. The molecule has 7 heteroatoms. The van der Waals surface area contributed by atoms with E-state index >= 15 is 0 Å². The van der Waals surface area contributed by atoms with E-state index in [1.165, 1.54) is 10.1 Å². The van der Waals surface area contributed by atoms with E-state index in [0.29, 0.717) is 10.5 Å². The molecule has 0 aliphatic rings. The van der Waals surface area contributed by atoms with Gasteiger partial charge >= 0.3 is 0 Å². The van der Waals surface area contributed by atoms with Crippen molar-refractivity contribution in [3.05, 3.63) is 28.5 Å². The molecule has 88 valence electrons. The number of nitrogens with one attached hydrogen (secondary N) is 2. The zero-order chi connectivity index (χ0) is 12.3. The third-order valence-corrected chi connectivity index (χ3v) is 3.22. The molecule has 3 heterocycles. The van der Waals surface area contributed by atoms with Gasteiger partial charge in [-0.1, -0.05) is 11.6 Å². The molecular weight excluding hydrogens is 248 g/mol. The quantitative estimate of drug-likeness (QED) is 0.473. The number of fused-ring (bicyclic) bond motifs is 4. The summed E-state index contributed by atoms with van der Waals surface area (Å²) in [5.41, 5.74) is 3.72. The van der Waals surface area contributed by atoms with E-state index in [9.17, 15) is 0 Å². The van der Waals surface area contributed by atoms with Crippen molar-refractivity contribution in [3.8, 4) is 0 Å². The third kappa shape index (κ3) is 1.16. The highest BCUT2D eigenvalue weighted by Gasteiger charge is 2.10. The Morgan fingerprint density at radius 2 is 2.22 bits per heavy atom. The van der Waals surface area contributed by atoms with Gasteiger partial charge in [0, 0.05) is 10.9 Å². The summed E-state index contributed by atoms with van der Waals surface area (Å²) in [6.07, 6.45) is 0. The minimum atomic E-state index is 0.446. The lowest BCUT2D eigenvalue weighted by atomic mass is 10.2. The first kappa shape index (κ1) is 9.72. The molecule has 0 bridgehead atoms. The fraction of sp³-hybridized carbons (Fsp3) is 0.0909. The van der Waals surface area contributed by atoms with Gasteiger partial charge in [-0.25, -0.2) is 5.10 Å². The van der Waals surface area contributed by atoms with Crippen LogP contribution in [0.5, 0.6) is 0 Å². The van der Waals surface area contributed by atoms with Crippen LogP contribution in [-0.4, -0.2) is 29.8 Å². The molecule has 0 aliphatic carbocycles. The molecule has 0 fully saturated rings. The Bertz CT molecular complexity index is 960. The van der Waals surface area contributed by atoms with Gasteiger partial charge in [0.1, 0.15) is 5.52 Å². The lowest BCUT2D eigenvalue weighted by Crippen LogP contribution is -1.94. The monoisotopic (exact) mass is 256 g/mol. The van der Waals surface area contributed by atoms with Crippen molar-refractivity contribution in [2.24, 2.45) is 0 Å². The molecular formula is C11H8N6S. The van der Waals surface area contributed by atoms with Gasteiger partial charge in [0.25, 0.3) is 5.78 Å². The van der Waals surface area contributed by atoms with Gasteiger partial charge in [-0.05, 0) is 31.3 Å². The summed E-state index contributed by atoms with van der Waals surface area (Å²) in [7, 11) is 0. The second kappa shape index (κ2) is 3.14. The third-order valence-electron chi connectivity index (χ3n) is 2.95. The van der Waals surface area contributed by atoms with Crippen molar-refractivity contribution < 1.29 is 0 Å². The Balaban J connectivity index is 2.30. The van der Waals surface area contributed by atoms with Crippen molar-refractivity contribution in [2.45, 2.75) is 6.92 Å². The lowest BCUT2D eigenvalue weighted by molar-refractivity contribution is 0.921. The van der Waals surface area contributed by atoms with E-state index in [4.69, 9.17) is 12.2 Å². The van der Waals surface area contributed by atoms with Crippen LogP contribution in [0.2, 0.25) is 0 Å². The molecule has 0 saturated heterocycles. The summed E-state index contributed by atoms with van der Waals surface area (Å²) in [4.78, 5) is 7.63. The molecule has 2 N–H and O–H groups in total. The van der Waals surface area contributed by atoms with Crippen LogP contribution in [0.15, 0.2) is 18.2 Å². The molecule has 6 nitrogen and oxygen atoms in total. The standard InChI is InChI=1S/C11H8N6S/c1-5-2-3-7-6(4-5)8-9(12-7)13-10-14-15-11(18)17(10)16-8/h2-4H,1H3,(H,15,18)(H,12,13,14). The SMILES string of the molecule is Cc1ccc2[nH]c3nc4n[nH]c(=S)n4nc3c2c1. The Morgan fingerprint density at radius 1 is 1.33 bits per heavy atom. The second-order valence-electron chi connectivity index (χ2n) is 4.22. The van der Waals surface area contributed by atoms with E-state index in [2.05, 4.69) is 37.4 Å². The number of H-pyrrole nitrogens is 2. The molecule has 3 aromatic heterocycles. The summed E-state index contributed by atoms with van der Waals surface area (Å²) in [6.45, 7) is 2.05. The average molecular weight is 256 g/mol. The Kier molecular flexibility index (Phi) is 1.69. The molecule has 0 saturated carbocycles. The number of hydrogen-bond donors (Lipinski definition) is 2. The summed E-state index contributed by atoms with van der Waals surface area (Å²) in [5.74, 6) is 0.468. The van der Waals surface area contributed by atoms with Crippen LogP contribution in [0.1, 0.15) is 5.56 Å². The van der Waals surface area contributed by atoms with Crippen LogP contribution in [-0.2, 0) is 0 Å². The van der Waals surface area contributed by atoms with Gasteiger partial charge in [0.2, 0.25) is 4.77 Å². The maximum Gasteiger partial charge on any atom is 0.272 e. The number of nitrogens with zero attached hydrogens (tertiary/aromatic N) is 4. The zero-order valence-electron chi connectivity index (χ0n) is 9.43. The number of rotatable bonds is 0. The first-order chi connectivity index (χ1) is 8.72. The van der Waals surface area contributed by atoms with Crippen LogP contribution in [0.4, 0.5) is 0 Å². The maximum absolute atomic E-state index is 5.10. The predicted octanol–water partition coefficient (Wildman–Crippen LogP) is 2.12. The van der Waals surface area contributed by atoms with Crippen LogP contribution in [0.3, 0.4) is 0 Å². The first-order valence-corrected chi connectivity index (χ1v) is 5.87. The minimum absolute atomic E-state index is 0.446. The smallest absolute Gasteiger partial charge is 0.272 e. The number of hydrogen-bond acceptors (Lipinski definition) is 4. The van der Waals surface area contributed by atoms with E-state index in [1.807, 2.05) is 13.0 Å². The molecule has 1 aromatic carbocycles. The highest BCUT2D eigenvalue weighted by Crippen LogP contribution is 2.23. The number of benzene rings is 1. The zero-order valence-corrected chi connectivity index (χ0v) is 10.2. The Labute approximate surface area is 106 Å². The first-order valence-electron chi connectivity index (χ1n) is 5.46. The fourth-order valence-corrected chi connectivity index (χ4v) is 2.27. The highest BCUT2D eigenvalue weighted by molar-refractivity contribution is 7.71. The number of aromatic amines is 2. The van der Waals surface area contributed by atoms with Gasteiger partial charge in [-0.3, -0.25) is 0 Å². The Hall–Kier alpha value is -2.28. The van der Waals surface area contributed by atoms with Crippen molar-refractivity contribution in [1.29, 1.82) is 0 Å². The lowest BCUT2D eigenvalue weighted by Gasteiger charge is -1.93. The van der Waals surface area contributed by atoms with Crippen molar-refractivity contribution in [2.75, 3.05) is 0 Å². The molecule has 18 heavy (non-hydrogen) atoms. The van der Waals surface area contributed by atoms with Gasteiger partial charge in [-0.2, -0.15) is 14.6 Å². The summed E-state index contributed by atoms with van der Waals surface area (Å²) in [6, 6.07) is 6.16. The van der Waals surface area contributed by atoms with Crippen LogP contribution >= 0.6 is 12.2 Å². The highest BCUT2D eigenvalue weighted by atomic mass is 32.1. The van der Waals surface area contributed by atoms with Crippen molar-refractivity contribution in [3.63, 3.8) is 0 Å². The van der Waals surface area contributed by atoms with Gasteiger partial charge in [0.05, 0.1) is 0 Å². The molecule has 0 atom stereocenters. The second-order valence-corrected chi connectivity index (χ2v) is 4.61. The molecule has 0 amide bonds. The van der Waals surface area contributed by atoms with Gasteiger partial charge in [0.15, 0.2) is 5.65 Å².